The van der Waals surface area contributed by atoms with Crippen LogP contribution < -0.4 is 0 Å². The summed E-state index contributed by atoms with van der Waals surface area (Å²) in [7, 11) is -1.01. The number of rotatable bonds is 11. The lowest BCUT2D eigenvalue weighted by atomic mass is 10.2. The number of hydrogen-bond acceptors (Lipinski definition) is 3. The molecule has 0 aromatic heterocycles. The third-order valence-corrected chi connectivity index (χ3v) is 3.52. The largest absolute Gasteiger partial charge is 0.318 e. The first-order chi connectivity index (χ1) is 8.51. The SMILES string of the molecule is C=CCOP(OCC=C)N(CC(C)C)CC(C)C. The van der Waals surface area contributed by atoms with Crippen LogP contribution in [0.25, 0.3) is 0 Å². The number of nitrogens with zero attached hydrogens (tertiary/aromatic N) is 1. The zero-order chi connectivity index (χ0) is 14.0. The van der Waals surface area contributed by atoms with Crippen molar-refractivity contribution in [1.82, 2.24) is 4.67 Å². The Hall–Kier alpha value is -0.210. The molecule has 0 spiro atoms. The van der Waals surface area contributed by atoms with Gasteiger partial charge >= 0.3 is 0 Å². The maximum absolute atomic E-state index is 5.76. The standard InChI is InChI=1S/C14H28NO2P/c1-7-9-16-18(17-10-8-2)15(11-13(3)4)12-14(5)6/h7-8,13-14H,1-2,9-12H2,3-6H3. The molecule has 0 saturated heterocycles. The van der Waals surface area contributed by atoms with Crippen LogP contribution in [0.15, 0.2) is 25.3 Å². The van der Waals surface area contributed by atoms with Crippen LogP contribution in [-0.4, -0.2) is 31.0 Å². The molecule has 3 nitrogen and oxygen atoms in total. The van der Waals surface area contributed by atoms with Crippen LogP contribution in [0.3, 0.4) is 0 Å². The van der Waals surface area contributed by atoms with Crippen molar-refractivity contribution in [3.8, 4) is 0 Å². The van der Waals surface area contributed by atoms with E-state index in [1.54, 1.807) is 12.2 Å². The van der Waals surface area contributed by atoms with Gasteiger partial charge in [-0.1, -0.05) is 39.8 Å². The maximum atomic E-state index is 5.76. The van der Waals surface area contributed by atoms with Crippen molar-refractivity contribution >= 4 is 8.53 Å². The quantitative estimate of drug-likeness (QED) is 0.415. The van der Waals surface area contributed by atoms with Gasteiger partial charge in [0.25, 0.3) is 8.53 Å². The normalized spacial score (nSPS) is 11.8. The lowest BCUT2D eigenvalue weighted by molar-refractivity contribution is 0.215. The summed E-state index contributed by atoms with van der Waals surface area (Å²) in [5.41, 5.74) is 0. The molecule has 0 N–H and O–H groups in total. The van der Waals surface area contributed by atoms with E-state index >= 15 is 0 Å². The summed E-state index contributed by atoms with van der Waals surface area (Å²) in [6.45, 7) is 19.2. The first-order valence-corrected chi connectivity index (χ1v) is 7.66. The van der Waals surface area contributed by atoms with E-state index in [-0.39, 0.29) is 0 Å². The van der Waals surface area contributed by atoms with E-state index in [2.05, 4.69) is 45.5 Å². The summed E-state index contributed by atoms with van der Waals surface area (Å²) in [5, 5.41) is 0. The third-order valence-electron chi connectivity index (χ3n) is 1.99. The monoisotopic (exact) mass is 273 g/mol. The molecule has 0 aromatic carbocycles. The second kappa shape index (κ2) is 10.7. The molecule has 106 valence electrons. The Morgan fingerprint density at radius 2 is 1.33 bits per heavy atom. The Kier molecular flexibility index (Phi) is 10.6. The molecule has 0 saturated carbocycles. The molecule has 0 aliphatic rings. The summed E-state index contributed by atoms with van der Waals surface area (Å²) in [6, 6.07) is 0. The van der Waals surface area contributed by atoms with Gasteiger partial charge in [-0.25, -0.2) is 4.67 Å². The van der Waals surface area contributed by atoms with Gasteiger partial charge in [-0.3, -0.25) is 0 Å². The molecule has 0 fully saturated rings. The first kappa shape index (κ1) is 17.8. The molecule has 0 amide bonds. The highest BCUT2D eigenvalue weighted by atomic mass is 31.2. The average Bonchev–Trinajstić information content (AvgIpc) is 2.27. The average molecular weight is 273 g/mol. The number of hydrogen-bond donors (Lipinski definition) is 0. The lowest BCUT2D eigenvalue weighted by Crippen LogP contribution is -2.28. The van der Waals surface area contributed by atoms with Gasteiger partial charge in [-0.15, -0.1) is 13.2 Å². The highest BCUT2D eigenvalue weighted by Crippen LogP contribution is 2.43. The molecule has 0 radical (unpaired) electrons. The van der Waals surface area contributed by atoms with E-state index in [9.17, 15) is 0 Å². The van der Waals surface area contributed by atoms with Crippen LogP contribution in [0.2, 0.25) is 0 Å². The minimum absolute atomic E-state index is 0.523. The minimum atomic E-state index is -1.01. The topological polar surface area (TPSA) is 21.7 Å². The molecule has 0 heterocycles. The summed E-state index contributed by atoms with van der Waals surface area (Å²) in [6.07, 6.45) is 3.52. The van der Waals surface area contributed by atoms with Crippen molar-refractivity contribution in [2.45, 2.75) is 27.7 Å². The van der Waals surface area contributed by atoms with Gasteiger partial charge in [0, 0.05) is 13.1 Å². The Bertz CT molecular complexity index is 210. The zero-order valence-corrected chi connectivity index (χ0v) is 13.2. The Morgan fingerprint density at radius 1 is 0.944 bits per heavy atom. The van der Waals surface area contributed by atoms with Crippen LogP contribution in [0.4, 0.5) is 0 Å². The van der Waals surface area contributed by atoms with Gasteiger partial charge in [0.05, 0.1) is 13.2 Å². The van der Waals surface area contributed by atoms with E-state index < -0.39 is 8.53 Å². The van der Waals surface area contributed by atoms with E-state index in [4.69, 9.17) is 9.05 Å². The van der Waals surface area contributed by atoms with Crippen molar-refractivity contribution < 1.29 is 9.05 Å². The molecule has 0 aliphatic heterocycles. The van der Waals surface area contributed by atoms with Crippen LogP contribution in [0.1, 0.15) is 27.7 Å². The third kappa shape index (κ3) is 8.82. The van der Waals surface area contributed by atoms with Gasteiger partial charge in [-0.2, -0.15) is 0 Å². The second-order valence-corrected chi connectivity index (χ2v) is 6.62. The molecular formula is C14H28NO2P. The van der Waals surface area contributed by atoms with Crippen molar-refractivity contribution in [2.75, 3.05) is 26.3 Å². The zero-order valence-electron chi connectivity index (χ0n) is 12.3. The van der Waals surface area contributed by atoms with Gasteiger partial charge in [0.1, 0.15) is 0 Å². The van der Waals surface area contributed by atoms with E-state index in [0.717, 1.165) is 13.1 Å². The molecule has 4 heteroatoms. The summed E-state index contributed by atoms with van der Waals surface area (Å²) in [5.74, 6) is 1.18. The Balaban J connectivity index is 4.56. The van der Waals surface area contributed by atoms with Crippen LogP contribution in [-0.2, 0) is 9.05 Å². The Morgan fingerprint density at radius 3 is 1.61 bits per heavy atom. The molecular weight excluding hydrogens is 245 g/mol. The molecule has 0 aliphatic carbocycles. The van der Waals surface area contributed by atoms with Crippen molar-refractivity contribution in [3.05, 3.63) is 25.3 Å². The van der Waals surface area contributed by atoms with Gasteiger partial charge in [-0.05, 0) is 11.8 Å². The van der Waals surface area contributed by atoms with Gasteiger partial charge in [0.2, 0.25) is 0 Å². The molecule has 0 aromatic rings. The molecule has 0 bridgehead atoms. The summed E-state index contributed by atoms with van der Waals surface area (Å²) < 4.78 is 13.8. The maximum Gasteiger partial charge on any atom is 0.259 e. The van der Waals surface area contributed by atoms with E-state index in [0.29, 0.717) is 25.0 Å². The fraction of sp³-hybridized carbons (Fsp3) is 0.714. The van der Waals surface area contributed by atoms with E-state index in [1.807, 2.05) is 0 Å². The summed E-state index contributed by atoms with van der Waals surface area (Å²) in [4.78, 5) is 0. The van der Waals surface area contributed by atoms with Crippen molar-refractivity contribution in [1.29, 1.82) is 0 Å². The highest BCUT2D eigenvalue weighted by molar-refractivity contribution is 7.44. The minimum Gasteiger partial charge on any atom is -0.318 e. The molecule has 18 heavy (non-hydrogen) atoms. The fourth-order valence-corrected chi connectivity index (χ4v) is 3.27. The highest BCUT2D eigenvalue weighted by Gasteiger charge is 2.22. The lowest BCUT2D eigenvalue weighted by Gasteiger charge is -2.31. The molecule has 0 atom stereocenters. The summed E-state index contributed by atoms with van der Waals surface area (Å²) >= 11 is 0. The van der Waals surface area contributed by atoms with E-state index in [1.165, 1.54) is 0 Å². The predicted molar refractivity (Wildman–Crippen MR) is 80.5 cm³/mol. The van der Waals surface area contributed by atoms with Crippen LogP contribution >= 0.6 is 8.53 Å². The molecule has 0 rings (SSSR count). The van der Waals surface area contributed by atoms with Gasteiger partial charge < -0.3 is 9.05 Å². The fourth-order valence-electron chi connectivity index (χ4n) is 1.48. The van der Waals surface area contributed by atoms with Crippen LogP contribution in [0, 0.1) is 11.8 Å². The smallest absolute Gasteiger partial charge is 0.259 e. The molecule has 0 unspecified atom stereocenters. The predicted octanol–water partition coefficient (Wildman–Crippen LogP) is 4.23. The Labute approximate surface area is 114 Å². The van der Waals surface area contributed by atoms with Crippen molar-refractivity contribution in [2.24, 2.45) is 11.8 Å². The van der Waals surface area contributed by atoms with Crippen molar-refractivity contribution in [3.63, 3.8) is 0 Å². The first-order valence-electron chi connectivity index (χ1n) is 6.53. The second-order valence-electron chi connectivity index (χ2n) is 5.07. The van der Waals surface area contributed by atoms with Gasteiger partial charge in [0.15, 0.2) is 0 Å². The van der Waals surface area contributed by atoms with Crippen LogP contribution in [0.5, 0.6) is 0 Å².